The van der Waals surface area contributed by atoms with Crippen molar-refractivity contribution >= 4 is 5.97 Å². The lowest BCUT2D eigenvalue weighted by Crippen LogP contribution is -2.11. The molecule has 0 amide bonds. The smallest absolute Gasteiger partial charge is 0.340 e. The maximum absolute atomic E-state index is 12.7. The number of ether oxygens (including phenoxy) is 1. The minimum Gasteiger partial charge on any atom is -0.504 e. The monoisotopic (exact) mass is 235 g/mol. The Bertz CT molecular complexity index is 409. The predicted molar refractivity (Wildman–Crippen MR) is 46.8 cm³/mol. The average Bonchev–Trinajstić information content (AvgIpc) is 2.21. The van der Waals surface area contributed by atoms with Crippen LogP contribution in [0, 0.1) is 5.95 Å². The van der Waals surface area contributed by atoms with E-state index in [1.807, 2.05) is 0 Å². The van der Waals surface area contributed by atoms with Gasteiger partial charge in [0.1, 0.15) is 5.69 Å². The predicted octanol–water partition coefficient (Wildman–Crippen LogP) is 2.04. The van der Waals surface area contributed by atoms with Gasteiger partial charge in [0, 0.05) is 6.07 Å². The van der Waals surface area contributed by atoms with Gasteiger partial charge in [0.05, 0.1) is 12.2 Å². The molecule has 0 bridgehead atoms. The van der Waals surface area contributed by atoms with Gasteiger partial charge in [-0.3, -0.25) is 0 Å². The zero-order valence-corrected chi connectivity index (χ0v) is 8.21. The molecular weight excluding hydrogens is 227 g/mol. The molecule has 7 heteroatoms. The minimum absolute atomic E-state index is 0.0281. The molecule has 4 nitrogen and oxygen atoms in total. The van der Waals surface area contributed by atoms with Crippen LogP contribution in [0.2, 0.25) is 0 Å². The van der Waals surface area contributed by atoms with Crippen LogP contribution in [0.15, 0.2) is 6.07 Å². The third kappa shape index (κ3) is 2.41. The van der Waals surface area contributed by atoms with Crippen molar-refractivity contribution < 1.29 is 27.8 Å². The highest BCUT2D eigenvalue weighted by Crippen LogP contribution is 2.26. The lowest BCUT2D eigenvalue weighted by atomic mass is 10.2. The van der Waals surface area contributed by atoms with E-state index in [9.17, 15) is 18.0 Å². The van der Waals surface area contributed by atoms with Gasteiger partial charge in [-0.1, -0.05) is 0 Å². The fourth-order valence-electron chi connectivity index (χ4n) is 1.03. The summed E-state index contributed by atoms with van der Waals surface area (Å²) in [7, 11) is 0. The summed E-state index contributed by atoms with van der Waals surface area (Å²) < 4.78 is 42.0. The summed E-state index contributed by atoms with van der Waals surface area (Å²) in [6.45, 7) is 1.45. The summed E-state index contributed by atoms with van der Waals surface area (Å²) >= 11 is 0. The van der Waals surface area contributed by atoms with Gasteiger partial charge in [0.15, 0.2) is 5.75 Å². The quantitative estimate of drug-likeness (QED) is 0.643. The van der Waals surface area contributed by atoms with Crippen LogP contribution in [0.5, 0.6) is 5.75 Å². The SMILES string of the molecule is CCOC(=O)c1cc(O)c(F)nc1C(F)F. The molecule has 16 heavy (non-hydrogen) atoms. The Morgan fingerprint density at radius 3 is 2.75 bits per heavy atom. The maximum Gasteiger partial charge on any atom is 0.340 e. The first-order valence-corrected chi connectivity index (χ1v) is 4.32. The van der Waals surface area contributed by atoms with E-state index >= 15 is 0 Å². The Hall–Kier alpha value is -1.79. The van der Waals surface area contributed by atoms with Crippen molar-refractivity contribution in [3.63, 3.8) is 0 Å². The van der Waals surface area contributed by atoms with Crippen molar-refractivity contribution in [1.29, 1.82) is 0 Å². The number of alkyl halides is 2. The number of aromatic hydroxyl groups is 1. The summed E-state index contributed by atoms with van der Waals surface area (Å²) in [6.07, 6.45) is -3.13. The topological polar surface area (TPSA) is 59.4 Å². The number of rotatable bonds is 3. The molecule has 1 N–H and O–H groups in total. The Kier molecular flexibility index (Phi) is 3.70. The van der Waals surface area contributed by atoms with Gasteiger partial charge in [-0.25, -0.2) is 18.6 Å². The molecule has 0 spiro atoms. The summed E-state index contributed by atoms with van der Waals surface area (Å²) in [5.41, 5.74) is -1.69. The van der Waals surface area contributed by atoms with Crippen LogP contribution in [0.3, 0.4) is 0 Å². The lowest BCUT2D eigenvalue weighted by Gasteiger charge is -2.08. The second kappa shape index (κ2) is 4.82. The highest BCUT2D eigenvalue weighted by Gasteiger charge is 2.24. The number of carbonyl (C=O) groups is 1. The summed E-state index contributed by atoms with van der Waals surface area (Å²) in [5.74, 6) is -3.52. The third-order valence-corrected chi connectivity index (χ3v) is 1.69. The summed E-state index contributed by atoms with van der Waals surface area (Å²) in [4.78, 5) is 14.0. The van der Waals surface area contributed by atoms with Crippen molar-refractivity contribution in [3.8, 4) is 5.75 Å². The molecule has 0 radical (unpaired) electrons. The van der Waals surface area contributed by atoms with Crippen LogP contribution < -0.4 is 0 Å². The fourth-order valence-corrected chi connectivity index (χ4v) is 1.03. The van der Waals surface area contributed by atoms with E-state index in [-0.39, 0.29) is 6.61 Å². The third-order valence-electron chi connectivity index (χ3n) is 1.69. The second-order valence-electron chi connectivity index (χ2n) is 2.75. The van der Waals surface area contributed by atoms with E-state index in [0.717, 1.165) is 0 Å². The number of halogens is 3. The van der Waals surface area contributed by atoms with Gasteiger partial charge >= 0.3 is 5.97 Å². The van der Waals surface area contributed by atoms with E-state index in [1.54, 1.807) is 0 Å². The molecule has 0 saturated heterocycles. The van der Waals surface area contributed by atoms with Crippen molar-refractivity contribution in [1.82, 2.24) is 4.98 Å². The second-order valence-corrected chi connectivity index (χ2v) is 2.75. The van der Waals surface area contributed by atoms with Crippen LogP contribution in [0.25, 0.3) is 0 Å². The molecule has 0 aromatic carbocycles. The molecule has 0 aliphatic heterocycles. The first kappa shape index (κ1) is 12.3. The van der Waals surface area contributed by atoms with Gasteiger partial charge < -0.3 is 9.84 Å². The molecule has 0 fully saturated rings. The number of nitrogens with zero attached hydrogens (tertiary/aromatic N) is 1. The first-order chi connectivity index (χ1) is 7.47. The minimum atomic E-state index is -3.13. The normalized spacial score (nSPS) is 10.6. The molecular formula is C9H8F3NO3. The molecule has 0 atom stereocenters. The number of esters is 1. The van der Waals surface area contributed by atoms with E-state index < -0.39 is 35.3 Å². The number of hydrogen-bond acceptors (Lipinski definition) is 4. The van der Waals surface area contributed by atoms with Crippen LogP contribution in [-0.2, 0) is 4.74 Å². The van der Waals surface area contributed by atoms with Crippen molar-refractivity contribution in [2.24, 2.45) is 0 Å². The van der Waals surface area contributed by atoms with Crippen LogP contribution in [0.1, 0.15) is 29.4 Å². The molecule has 0 unspecified atom stereocenters. The molecule has 0 saturated carbocycles. The highest BCUT2D eigenvalue weighted by atomic mass is 19.3. The zero-order valence-electron chi connectivity index (χ0n) is 8.21. The standard InChI is InChI=1S/C9H8F3NO3/c1-2-16-9(15)4-3-5(14)8(12)13-6(4)7(10)11/h3,7,14H,2H2,1H3. The van der Waals surface area contributed by atoms with Crippen LogP contribution in [0.4, 0.5) is 13.2 Å². The molecule has 1 rings (SSSR count). The van der Waals surface area contributed by atoms with E-state index in [2.05, 4.69) is 9.72 Å². The molecule has 88 valence electrons. The van der Waals surface area contributed by atoms with Crippen LogP contribution >= 0.6 is 0 Å². The largest absolute Gasteiger partial charge is 0.504 e. The van der Waals surface area contributed by atoms with E-state index in [4.69, 9.17) is 5.11 Å². The van der Waals surface area contributed by atoms with Crippen molar-refractivity contribution in [2.45, 2.75) is 13.3 Å². The Balaban J connectivity index is 3.24. The van der Waals surface area contributed by atoms with Gasteiger partial charge in [0.2, 0.25) is 0 Å². The molecule has 0 aliphatic rings. The number of aromatic nitrogens is 1. The van der Waals surface area contributed by atoms with Gasteiger partial charge in [-0.2, -0.15) is 4.39 Å². The van der Waals surface area contributed by atoms with Crippen molar-refractivity contribution in [2.75, 3.05) is 6.61 Å². The number of hydrogen-bond donors (Lipinski definition) is 1. The summed E-state index contributed by atoms with van der Waals surface area (Å²) in [5, 5.41) is 8.93. The lowest BCUT2D eigenvalue weighted by molar-refractivity contribution is 0.0512. The molecule has 1 aromatic heterocycles. The van der Waals surface area contributed by atoms with Crippen molar-refractivity contribution in [3.05, 3.63) is 23.3 Å². The number of carbonyl (C=O) groups excluding carboxylic acids is 1. The Morgan fingerprint density at radius 1 is 1.62 bits per heavy atom. The first-order valence-electron chi connectivity index (χ1n) is 4.32. The fraction of sp³-hybridized carbons (Fsp3) is 0.333. The van der Waals surface area contributed by atoms with Gasteiger partial charge in [0.25, 0.3) is 12.4 Å². The molecule has 0 aliphatic carbocycles. The van der Waals surface area contributed by atoms with E-state index in [0.29, 0.717) is 6.07 Å². The van der Waals surface area contributed by atoms with Gasteiger partial charge in [-0.15, -0.1) is 0 Å². The Morgan fingerprint density at radius 2 is 2.25 bits per heavy atom. The number of pyridine rings is 1. The Labute approximate surface area is 88.7 Å². The van der Waals surface area contributed by atoms with Gasteiger partial charge in [-0.05, 0) is 6.92 Å². The zero-order chi connectivity index (χ0) is 12.3. The molecule has 1 aromatic rings. The average molecular weight is 235 g/mol. The highest BCUT2D eigenvalue weighted by molar-refractivity contribution is 5.91. The maximum atomic E-state index is 12.7. The molecule has 1 heterocycles. The summed E-state index contributed by atoms with van der Waals surface area (Å²) in [6, 6.07) is 0.571. The van der Waals surface area contributed by atoms with Crippen LogP contribution in [-0.4, -0.2) is 22.7 Å². The van der Waals surface area contributed by atoms with E-state index in [1.165, 1.54) is 6.92 Å².